The highest BCUT2D eigenvalue weighted by Crippen LogP contribution is 2.25. The molecule has 0 radical (unpaired) electrons. The smallest absolute Gasteiger partial charge is 0.259 e. The quantitative estimate of drug-likeness (QED) is 0.745. The monoisotopic (exact) mass is 351 g/mol. The molecule has 2 nitrogen and oxygen atoms in total. The fourth-order valence-corrected chi connectivity index (χ4v) is 2.66. The van der Waals surface area contributed by atoms with Crippen LogP contribution in [0.15, 0.2) is 40.9 Å². The second-order valence-corrected chi connectivity index (χ2v) is 6.16. The zero-order valence-corrected chi connectivity index (χ0v) is 13.9. The molecule has 2 aromatic rings. The van der Waals surface area contributed by atoms with Crippen molar-refractivity contribution in [1.29, 1.82) is 0 Å². The molecule has 0 fully saturated rings. The van der Waals surface area contributed by atoms with E-state index in [-0.39, 0.29) is 5.91 Å². The van der Waals surface area contributed by atoms with Crippen LogP contribution in [0.1, 0.15) is 21.5 Å². The first-order chi connectivity index (χ1) is 9.38. The summed E-state index contributed by atoms with van der Waals surface area (Å²) in [5.74, 6) is -0.124. The highest BCUT2D eigenvalue weighted by atomic mass is 79.9. The molecule has 1 amide bonds. The highest BCUT2D eigenvalue weighted by molar-refractivity contribution is 9.10. The van der Waals surface area contributed by atoms with Crippen molar-refractivity contribution >= 4 is 39.1 Å². The lowest BCUT2D eigenvalue weighted by molar-refractivity contribution is 0.0993. The predicted octanol–water partition coefficient (Wildman–Crippen LogP) is 5.00. The Morgan fingerprint density at radius 1 is 1.10 bits per heavy atom. The first kappa shape index (κ1) is 15.1. The van der Waals surface area contributed by atoms with Crippen molar-refractivity contribution in [3.8, 4) is 0 Å². The maximum Gasteiger partial charge on any atom is 0.259 e. The summed E-state index contributed by atoms with van der Waals surface area (Å²) in [5, 5.41) is 0.453. The zero-order valence-electron chi connectivity index (χ0n) is 11.6. The molecule has 0 spiro atoms. The third-order valence-electron chi connectivity index (χ3n) is 3.06. The number of halogens is 2. The van der Waals surface area contributed by atoms with E-state index in [2.05, 4.69) is 22.0 Å². The normalized spacial score (nSPS) is 10.4. The van der Waals surface area contributed by atoms with Crippen LogP contribution in [-0.4, -0.2) is 13.0 Å². The van der Waals surface area contributed by atoms with Crippen molar-refractivity contribution < 1.29 is 4.79 Å². The lowest BCUT2D eigenvalue weighted by Gasteiger charge is -2.19. The van der Waals surface area contributed by atoms with Gasteiger partial charge in [0.2, 0.25) is 0 Å². The SMILES string of the molecule is Cc1cc(C)cc(N(C)C(=O)c2cc(Br)ccc2Cl)c1. The number of benzene rings is 2. The van der Waals surface area contributed by atoms with Crippen LogP contribution in [-0.2, 0) is 0 Å². The minimum absolute atomic E-state index is 0.124. The molecule has 0 aliphatic rings. The van der Waals surface area contributed by atoms with Crippen LogP contribution in [0.5, 0.6) is 0 Å². The molecule has 0 bridgehead atoms. The molecule has 0 N–H and O–H groups in total. The second kappa shape index (κ2) is 5.98. The molecular formula is C16H15BrClNO. The summed E-state index contributed by atoms with van der Waals surface area (Å²) in [4.78, 5) is 14.2. The van der Waals surface area contributed by atoms with Crippen LogP contribution in [0.3, 0.4) is 0 Å². The van der Waals surface area contributed by atoms with E-state index in [0.717, 1.165) is 21.3 Å². The van der Waals surface area contributed by atoms with Gasteiger partial charge in [-0.15, -0.1) is 0 Å². The topological polar surface area (TPSA) is 20.3 Å². The Kier molecular flexibility index (Phi) is 4.51. The molecule has 0 saturated carbocycles. The molecule has 4 heteroatoms. The van der Waals surface area contributed by atoms with Crippen molar-refractivity contribution in [3.05, 3.63) is 62.6 Å². The van der Waals surface area contributed by atoms with Crippen molar-refractivity contribution in [1.82, 2.24) is 0 Å². The van der Waals surface area contributed by atoms with Gasteiger partial charge in [-0.1, -0.05) is 33.6 Å². The van der Waals surface area contributed by atoms with Gasteiger partial charge in [0.25, 0.3) is 5.91 Å². The van der Waals surface area contributed by atoms with Gasteiger partial charge in [-0.25, -0.2) is 0 Å². The summed E-state index contributed by atoms with van der Waals surface area (Å²) in [6, 6.07) is 11.3. The summed E-state index contributed by atoms with van der Waals surface area (Å²) in [6.45, 7) is 4.03. The van der Waals surface area contributed by atoms with Crippen molar-refractivity contribution in [2.45, 2.75) is 13.8 Å². The van der Waals surface area contributed by atoms with E-state index < -0.39 is 0 Å². The van der Waals surface area contributed by atoms with Crippen molar-refractivity contribution in [3.63, 3.8) is 0 Å². The van der Waals surface area contributed by atoms with E-state index in [1.807, 2.05) is 32.0 Å². The van der Waals surface area contributed by atoms with Gasteiger partial charge in [0, 0.05) is 17.2 Å². The summed E-state index contributed by atoms with van der Waals surface area (Å²) < 4.78 is 0.832. The standard InChI is InChI=1S/C16H15BrClNO/c1-10-6-11(2)8-13(7-10)19(3)16(20)14-9-12(17)4-5-15(14)18/h4-9H,1-3H3. The Morgan fingerprint density at radius 2 is 1.70 bits per heavy atom. The molecule has 0 unspecified atom stereocenters. The molecule has 104 valence electrons. The Labute approximate surface area is 132 Å². The van der Waals surface area contributed by atoms with Gasteiger partial charge < -0.3 is 4.90 Å². The van der Waals surface area contributed by atoms with E-state index in [1.54, 1.807) is 24.1 Å². The maximum absolute atomic E-state index is 12.6. The van der Waals surface area contributed by atoms with E-state index >= 15 is 0 Å². The van der Waals surface area contributed by atoms with Crippen LogP contribution >= 0.6 is 27.5 Å². The third kappa shape index (κ3) is 3.22. The van der Waals surface area contributed by atoms with Crippen LogP contribution < -0.4 is 4.90 Å². The molecule has 2 aromatic carbocycles. The average molecular weight is 353 g/mol. The summed E-state index contributed by atoms with van der Waals surface area (Å²) in [7, 11) is 1.76. The minimum atomic E-state index is -0.124. The van der Waals surface area contributed by atoms with E-state index in [4.69, 9.17) is 11.6 Å². The van der Waals surface area contributed by atoms with Crippen molar-refractivity contribution in [2.24, 2.45) is 0 Å². The van der Waals surface area contributed by atoms with E-state index in [0.29, 0.717) is 10.6 Å². The number of hydrogen-bond acceptors (Lipinski definition) is 1. The third-order valence-corrected chi connectivity index (χ3v) is 3.88. The molecule has 0 saturated heterocycles. The van der Waals surface area contributed by atoms with Gasteiger partial charge in [-0.2, -0.15) is 0 Å². The Balaban J connectivity index is 2.39. The molecule has 0 aliphatic heterocycles. The minimum Gasteiger partial charge on any atom is -0.311 e. The first-order valence-electron chi connectivity index (χ1n) is 6.20. The van der Waals surface area contributed by atoms with E-state index in [1.165, 1.54) is 0 Å². The van der Waals surface area contributed by atoms with E-state index in [9.17, 15) is 4.79 Å². The number of rotatable bonds is 2. The number of carbonyl (C=O) groups is 1. The number of anilines is 1. The van der Waals surface area contributed by atoms with Crippen LogP contribution in [0.2, 0.25) is 5.02 Å². The predicted molar refractivity (Wildman–Crippen MR) is 87.8 cm³/mol. The number of amides is 1. The maximum atomic E-state index is 12.6. The molecule has 0 heterocycles. The fraction of sp³-hybridized carbons (Fsp3) is 0.188. The number of nitrogens with zero attached hydrogens (tertiary/aromatic N) is 1. The van der Waals surface area contributed by atoms with Crippen LogP contribution in [0.4, 0.5) is 5.69 Å². The first-order valence-corrected chi connectivity index (χ1v) is 7.37. The largest absolute Gasteiger partial charge is 0.311 e. The summed E-state index contributed by atoms with van der Waals surface area (Å²) >= 11 is 9.48. The fourth-order valence-electron chi connectivity index (χ4n) is 2.10. The number of aryl methyl sites for hydroxylation is 2. The molecular weight excluding hydrogens is 338 g/mol. The average Bonchev–Trinajstić information content (AvgIpc) is 2.38. The van der Waals surface area contributed by atoms with Crippen LogP contribution in [0.25, 0.3) is 0 Å². The zero-order chi connectivity index (χ0) is 14.9. The van der Waals surface area contributed by atoms with Gasteiger partial charge in [0.05, 0.1) is 10.6 Å². The van der Waals surface area contributed by atoms with Gasteiger partial charge in [-0.05, 0) is 55.3 Å². The second-order valence-electron chi connectivity index (χ2n) is 4.83. The lowest BCUT2D eigenvalue weighted by atomic mass is 10.1. The lowest BCUT2D eigenvalue weighted by Crippen LogP contribution is -2.26. The molecule has 0 aliphatic carbocycles. The molecule has 0 aromatic heterocycles. The number of carbonyl (C=O) groups excluding carboxylic acids is 1. The van der Waals surface area contributed by atoms with Gasteiger partial charge in [0.1, 0.15) is 0 Å². The summed E-state index contributed by atoms with van der Waals surface area (Å²) in [5.41, 5.74) is 3.60. The van der Waals surface area contributed by atoms with Crippen LogP contribution in [0, 0.1) is 13.8 Å². The van der Waals surface area contributed by atoms with Gasteiger partial charge in [0.15, 0.2) is 0 Å². The van der Waals surface area contributed by atoms with Gasteiger partial charge in [-0.3, -0.25) is 4.79 Å². The Bertz CT molecular complexity index is 649. The molecule has 0 atom stereocenters. The molecule has 20 heavy (non-hydrogen) atoms. The van der Waals surface area contributed by atoms with Gasteiger partial charge >= 0.3 is 0 Å². The molecule has 2 rings (SSSR count). The Morgan fingerprint density at radius 3 is 2.30 bits per heavy atom. The van der Waals surface area contributed by atoms with Crippen molar-refractivity contribution in [2.75, 3.05) is 11.9 Å². The number of hydrogen-bond donors (Lipinski definition) is 0. The summed E-state index contributed by atoms with van der Waals surface area (Å²) in [6.07, 6.45) is 0. The Hall–Kier alpha value is -1.32. The highest BCUT2D eigenvalue weighted by Gasteiger charge is 2.17.